The molecule has 96 valence electrons. The van der Waals surface area contributed by atoms with Crippen molar-refractivity contribution in [1.29, 1.82) is 0 Å². The standard InChI is InChI=1S/C11H18N2O3S/c1-15-5-4-12-11(14)13-7-10(16-2)9-3-6-17-8-9/h3,6,8,10H,4-5,7H2,1-2H3,(H2,12,13,14)/t10-/m1/s1. The van der Waals surface area contributed by atoms with Crippen LogP contribution in [0.15, 0.2) is 16.8 Å². The largest absolute Gasteiger partial charge is 0.383 e. The van der Waals surface area contributed by atoms with Gasteiger partial charge in [-0.3, -0.25) is 0 Å². The van der Waals surface area contributed by atoms with E-state index in [0.717, 1.165) is 5.56 Å². The summed E-state index contributed by atoms with van der Waals surface area (Å²) in [5.41, 5.74) is 1.08. The Morgan fingerprint density at radius 3 is 2.88 bits per heavy atom. The normalized spacial score (nSPS) is 12.1. The van der Waals surface area contributed by atoms with Crippen LogP contribution in [0.4, 0.5) is 4.79 Å². The number of hydrogen-bond donors (Lipinski definition) is 2. The summed E-state index contributed by atoms with van der Waals surface area (Å²) >= 11 is 1.61. The van der Waals surface area contributed by atoms with Gasteiger partial charge in [0.15, 0.2) is 0 Å². The van der Waals surface area contributed by atoms with E-state index >= 15 is 0 Å². The number of carbonyl (C=O) groups is 1. The van der Waals surface area contributed by atoms with Crippen molar-refractivity contribution in [2.75, 3.05) is 33.9 Å². The molecule has 0 bridgehead atoms. The quantitative estimate of drug-likeness (QED) is 0.726. The van der Waals surface area contributed by atoms with Crippen LogP contribution in [0.5, 0.6) is 0 Å². The Kier molecular flexibility index (Phi) is 6.61. The number of rotatable bonds is 7. The molecule has 0 saturated heterocycles. The summed E-state index contributed by atoms with van der Waals surface area (Å²) < 4.78 is 10.1. The van der Waals surface area contributed by atoms with Gasteiger partial charge in [-0.2, -0.15) is 11.3 Å². The van der Waals surface area contributed by atoms with Crippen molar-refractivity contribution >= 4 is 17.4 Å². The number of urea groups is 1. The first-order valence-electron chi connectivity index (χ1n) is 5.33. The van der Waals surface area contributed by atoms with Gasteiger partial charge in [0, 0.05) is 27.3 Å². The number of methoxy groups -OCH3 is 2. The molecule has 0 unspecified atom stereocenters. The van der Waals surface area contributed by atoms with E-state index in [0.29, 0.717) is 19.7 Å². The SMILES string of the molecule is COCCNC(=O)NC[C@@H](OC)c1ccsc1. The second kappa shape index (κ2) is 8.05. The molecule has 1 aromatic heterocycles. The highest BCUT2D eigenvalue weighted by atomic mass is 32.1. The molecule has 17 heavy (non-hydrogen) atoms. The van der Waals surface area contributed by atoms with Gasteiger partial charge in [-0.1, -0.05) is 0 Å². The zero-order chi connectivity index (χ0) is 12.5. The first-order valence-corrected chi connectivity index (χ1v) is 6.27. The molecule has 0 aliphatic carbocycles. The minimum absolute atomic E-state index is 0.102. The Bertz CT molecular complexity index is 317. The van der Waals surface area contributed by atoms with E-state index in [-0.39, 0.29) is 12.1 Å². The van der Waals surface area contributed by atoms with Crippen LogP contribution >= 0.6 is 11.3 Å². The second-order valence-corrected chi connectivity index (χ2v) is 4.19. The summed E-state index contributed by atoms with van der Waals surface area (Å²) in [5.74, 6) is 0. The number of thiophene rings is 1. The van der Waals surface area contributed by atoms with Gasteiger partial charge < -0.3 is 20.1 Å². The summed E-state index contributed by atoms with van der Waals surface area (Å²) in [6.07, 6.45) is -0.102. The highest BCUT2D eigenvalue weighted by molar-refractivity contribution is 7.07. The van der Waals surface area contributed by atoms with E-state index in [1.807, 2.05) is 16.8 Å². The highest BCUT2D eigenvalue weighted by Gasteiger charge is 2.11. The third-order valence-corrected chi connectivity index (χ3v) is 2.94. The average molecular weight is 258 g/mol. The van der Waals surface area contributed by atoms with Gasteiger partial charge in [0.05, 0.1) is 6.61 Å². The zero-order valence-corrected chi connectivity index (χ0v) is 10.9. The molecule has 2 amide bonds. The van der Waals surface area contributed by atoms with Crippen LogP contribution in [0.1, 0.15) is 11.7 Å². The van der Waals surface area contributed by atoms with Gasteiger partial charge in [-0.15, -0.1) is 0 Å². The fourth-order valence-electron chi connectivity index (χ4n) is 1.31. The van der Waals surface area contributed by atoms with E-state index in [1.54, 1.807) is 25.6 Å². The summed E-state index contributed by atoms with van der Waals surface area (Å²) in [4.78, 5) is 11.4. The van der Waals surface area contributed by atoms with Gasteiger partial charge in [-0.05, 0) is 22.4 Å². The van der Waals surface area contributed by atoms with Crippen molar-refractivity contribution < 1.29 is 14.3 Å². The fourth-order valence-corrected chi connectivity index (χ4v) is 2.01. The maximum absolute atomic E-state index is 11.4. The van der Waals surface area contributed by atoms with Crippen LogP contribution in [0.2, 0.25) is 0 Å². The van der Waals surface area contributed by atoms with Gasteiger partial charge in [0.2, 0.25) is 0 Å². The molecule has 1 atom stereocenters. The maximum Gasteiger partial charge on any atom is 0.314 e. The van der Waals surface area contributed by atoms with Crippen molar-refractivity contribution in [3.63, 3.8) is 0 Å². The van der Waals surface area contributed by atoms with Crippen molar-refractivity contribution in [3.05, 3.63) is 22.4 Å². The lowest BCUT2D eigenvalue weighted by Crippen LogP contribution is -2.39. The topological polar surface area (TPSA) is 59.6 Å². The number of ether oxygens (including phenoxy) is 2. The molecule has 1 rings (SSSR count). The van der Waals surface area contributed by atoms with Gasteiger partial charge in [0.1, 0.15) is 6.10 Å². The van der Waals surface area contributed by atoms with Crippen molar-refractivity contribution in [1.82, 2.24) is 10.6 Å². The molecule has 0 fully saturated rings. The second-order valence-electron chi connectivity index (χ2n) is 3.41. The summed E-state index contributed by atoms with van der Waals surface area (Å²) in [6, 6.07) is 1.78. The van der Waals surface area contributed by atoms with E-state index < -0.39 is 0 Å². The van der Waals surface area contributed by atoms with Crippen LogP contribution in [0.25, 0.3) is 0 Å². The minimum Gasteiger partial charge on any atom is -0.383 e. The summed E-state index contributed by atoms with van der Waals surface area (Å²) in [6.45, 7) is 1.45. The predicted octanol–water partition coefficient (Wildman–Crippen LogP) is 1.38. The number of amides is 2. The van der Waals surface area contributed by atoms with Gasteiger partial charge in [0.25, 0.3) is 0 Å². The van der Waals surface area contributed by atoms with Crippen molar-refractivity contribution in [2.45, 2.75) is 6.10 Å². The Hall–Kier alpha value is -1.11. The van der Waals surface area contributed by atoms with Crippen LogP contribution < -0.4 is 10.6 Å². The van der Waals surface area contributed by atoms with Gasteiger partial charge >= 0.3 is 6.03 Å². The molecule has 0 radical (unpaired) electrons. The van der Waals surface area contributed by atoms with Crippen molar-refractivity contribution in [3.8, 4) is 0 Å². The van der Waals surface area contributed by atoms with Crippen LogP contribution in [-0.4, -0.2) is 39.9 Å². The first-order chi connectivity index (χ1) is 8.27. The lowest BCUT2D eigenvalue weighted by atomic mass is 10.2. The number of nitrogens with one attached hydrogen (secondary N) is 2. The average Bonchev–Trinajstić information content (AvgIpc) is 2.84. The van der Waals surface area contributed by atoms with Gasteiger partial charge in [-0.25, -0.2) is 4.79 Å². The van der Waals surface area contributed by atoms with Crippen LogP contribution in [0.3, 0.4) is 0 Å². The maximum atomic E-state index is 11.4. The monoisotopic (exact) mass is 258 g/mol. The molecule has 0 aliphatic rings. The molecule has 0 aromatic carbocycles. The summed E-state index contributed by atoms with van der Waals surface area (Å²) in [7, 11) is 3.23. The lowest BCUT2D eigenvalue weighted by Gasteiger charge is -2.15. The molecule has 5 nitrogen and oxygen atoms in total. The lowest BCUT2D eigenvalue weighted by molar-refractivity contribution is 0.104. The van der Waals surface area contributed by atoms with Crippen LogP contribution in [0, 0.1) is 0 Å². The van der Waals surface area contributed by atoms with E-state index in [4.69, 9.17) is 9.47 Å². The van der Waals surface area contributed by atoms with Crippen molar-refractivity contribution in [2.24, 2.45) is 0 Å². The third-order valence-electron chi connectivity index (χ3n) is 2.24. The summed E-state index contributed by atoms with van der Waals surface area (Å²) in [5, 5.41) is 9.43. The Labute approximate surface area is 105 Å². The minimum atomic E-state index is -0.209. The highest BCUT2D eigenvalue weighted by Crippen LogP contribution is 2.18. The number of hydrogen-bond acceptors (Lipinski definition) is 4. The molecular formula is C11H18N2O3S. The van der Waals surface area contributed by atoms with Crippen LogP contribution in [-0.2, 0) is 9.47 Å². The molecule has 0 saturated carbocycles. The Balaban J connectivity index is 2.26. The third kappa shape index (κ3) is 5.16. The molecule has 0 aliphatic heterocycles. The predicted molar refractivity (Wildman–Crippen MR) is 67.3 cm³/mol. The molecule has 1 heterocycles. The van der Waals surface area contributed by atoms with E-state index in [2.05, 4.69) is 10.6 Å². The fraction of sp³-hybridized carbons (Fsp3) is 0.545. The molecule has 2 N–H and O–H groups in total. The first kappa shape index (κ1) is 14.0. The Morgan fingerprint density at radius 2 is 2.29 bits per heavy atom. The Morgan fingerprint density at radius 1 is 1.47 bits per heavy atom. The molecule has 6 heteroatoms. The molecule has 1 aromatic rings. The zero-order valence-electron chi connectivity index (χ0n) is 10.1. The smallest absolute Gasteiger partial charge is 0.314 e. The van der Waals surface area contributed by atoms with E-state index in [9.17, 15) is 4.79 Å². The van der Waals surface area contributed by atoms with E-state index in [1.165, 1.54) is 0 Å². The number of carbonyl (C=O) groups excluding carboxylic acids is 1. The molecule has 0 spiro atoms. The molecular weight excluding hydrogens is 240 g/mol.